The highest BCUT2D eigenvalue weighted by Crippen LogP contribution is 2.19. The van der Waals surface area contributed by atoms with E-state index in [4.69, 9.17) is 5.73 Å². The van der Waals surface area contributed by atoms with Gasteiger partial charge in [-0.15, -0.1) is 23.7 Å². The van der Waals surface area contributed by atoms with Crippen molar-refractivity contribution in [3.8, 4) is 10.7 Å². The summed E-state index contributed by atoms with van der Waals surface area (Å²) in [5.41, 5.74) is 6.29. The minimum atomic E-state index is 0. The Balaban J connectivity index is 0.000000720. The van der Waals surface area contributed by atoms with E-state index in [9.17, 15) is 0 Å². The molecular weight excluding hydrogens is 196 g/mol. The predicted octanol–water partition coefficient (Wildman–Crippen LogP) is 1.54. The standard InChI is InChI=1S/C6H6N4S.ClH/c7-5-3-4(9-10-5)6-8-1-2-11-6;/h1-3H,(H3,7,9,10);1H. The molecular formula is C6H7ClN4S. The Labute approximate surface area is 79.2 Å². The summed E-state index contributed by atoms with van der Waals surface area (Å²) in [5.74, 6) is 0.496. The zero-order valence-electron chi connectivity index (χ0n) is 6.02. The molecule has 0 saturated heterocycles. The Morgan fingerprint density at radius 3 is 2.83 bits per heavy atom. The first-order chi connectivity index (χ1) is 5.36. The Bertz CT molecular complexity index is 342. The van der Waals surface area contributed by atoms with E-state index < -0.39 is 0 Å². The lowest BCUT2D eigenvalue weighted by molar-refractivity contribution is 1.10. The Morgan fingerprint density at radius 2 is 2.33 bits per heavy atom. The predicted molar refractivity (Wildman–Crippen MR) is 51.4 cm³/mol. The highest BCUT2D eigenvalue weighted by atomic mass is 35.5. The number of hydrogen-bond acceptors (Lipinski definition) is 4. The Morgan fingerprint density at radius 1 is 1.50 bits per heavy atom. The van der Waals surface area contributed by atoms with E-state index in [1.807, 2.05) is 5.38 Å². The zero-order valence-corrected chi connectivity index (χ0v) is 7.65. The maximum absolute atomic E-state index is 5.42. The minimum Gasteiger partial charge on any atom is -0.382 e. The summed E-state index contributed by atoms with van der Waals surface area (Å²) in [6.45, 7) is 0. The maximum Gasteiger partial charge on any atom is 0.145 e. The molecule has 3 N–H and O–H groups in total. The number of hydrogen-bond donors (Lipinski definition) is 2. The van der Waals surface area contributed by atoms with E-state index in [2.05, 4.69) is 15.2 Å². The van der Waals surface area contributed by atoms with Gasteiger partial charge in [0.15, 0.2) is 0 Å². The fraction of sp³-hybridized carbons (Fsp3) is 0. The molecule has 0 saturated carbocycles. The molecule has 0 fully saturated rings. The number of rotatable bonds is 1. The van der Waals surface area contributed by atoms with Gasteiger partial charge in [0, 0.05) is 17.6 Å². The number of anilines is 1. The number of thiazole rings is 1. The van der Waals surface area contributed by atoms with Gasteiger partial charge in [0.25, 0.3) is 0 Å². The molecule has 0 aromatic carbocycles. The van der Waals surface area contributed by atoms with Crippen LogP contribution in [0.15, 0.2) is 17.6 Å². The second kappa shape index (κ2) is 3.55. The molecule has 0 aliphatic carbocycles. The Kier molecular flexibility index (Phi) is 2.67. The van der Waals surface area contributed by atoms with Crippen LogP contribution in [0.25, 0.3) is 10.7 Å². The van der Waals surface area contributed by atoms with Gasteiger partial charge in [0.1, 0.15) is 10.8 Å². The monoisotopic (exact) mass is 202 g/mol. The summed E-state index contributed by atoms with van der Waals surface area (Å²) in [4.78, 5) is 4.09. The van der Waals surface area contributed by atoms with E-state index in [1.54, 1.807) is 23.6 Å². The van der Waals surface area contributed by atoms with E-state index in [0.717, 1.165) is 10.7 Å². The molecule has 64 valence electrons. The minimum absolute atomic E-state index is 0. The maximum atomic E-state index is 5.42. The van der Waals surface area contributed by atoms with Gasteiger partial charge in [-0.05, 0) is 0 Å². The number of aromatic amines is 1. The lowest BCUT2D eigenvalue weighted by Gasteiger charge is -1.83. The van der Waals surface area contributed by atoms with Crippen LogP contribution in [0.4, 0.5) is 5.82 Å². The number of nitrogen functional groups attached to an aromatic ring is 1. The highest BCUT2D eigenvalue weighted by molar-refractivity contribution is 7.13. The number of nitrogens with two attached hydrogens (primary N) is 1. The topological polar surface area (TPSA) is 67.6 Å². The molecule has 0 amide bonds. The number of nitrogens with zero attached hydrogens (tertiary/aromatic N) is 2. The molecule has 2 aromatic heterocycles. The van der Waals surface area contributed by atoms with Crippen molar-refractivity contribution in [2.75, 3.05) is 5.73 Å². The largest absolute Gasteiger partial charge is 0.382 e. The van der Waals surface area contributed by atoms with Crippen LogP contribution in [0, 0.1) is 0 Å². The summed E-state index contributed by atoms with van der Waals surface area (Å²) >= 11 is 1.55. The van der Waals surface area contributed by atoms with E-state index in [0.29, 0.717) is 5.82 Å². The van der Waals surface area contributed by atoms with Crippen LogP contribution in [-0.4, -0.2) is 15.2 Å². The number of aromatic nitrogens is 3. The van der Waals surface area contributed by atoms with Gasteiger partial charge < -0.3 is 5.73 Å². The third kappa shape index (κ3) is 1.57. The van der Waals surface area contributed by atoms with Crippen molar-refractivity contribution in [1.82, 2.24) is 15.2 Å². The lowest BCUT2D eigenvalue weighted by atomic mass is 10.4. The molecule has 6 heteroatoms. The molecule has 4 nitrogen and oxygen atoms in total. The summed E-state index contributed by atoms with van der Waals surface area (Å²) in [6.07, 6.45) is 1.75. The highest BCUT2D eigenvalue weighted by Gasteiger charge is 2.01. The SMILES string of the molecule is Cl.Nc1cc(-c2nccs2)[nH]n1. The number of H-pyrrole nitrogens is 1. The van der Waals surface area contributed by atoms with Crippen LogP contribution in [-0.2, 0) is 0 Å². The van der Waals surface area contributed by atoms with Crippen molar-refractivity contribution in [2.24, 2.45) is 0 Å². The quantitative estimate of drug-likeness (QED) is 0.737. The third-order valence-corrected chi connectivity index (χ3v) is 2.07. The van der Waals surface area contributed by atoms with Gasteiger partial charge >= 0.3 is 0 Å². The molecule has 12 heavy (non-hydrogen) atoms. The van der Waals surface area contributed by atoms with Crippen LogP contribution in [0.2, 0.25) is 0 Å². The second-order valence-electron chi connectivity index (χ2n) is 2.04. The molecule has 0 bridgehead atoms. The molecule has 2 rings (SSSR count). The van der Waals surface area contributed by atoms with E-state index >= 15 is 0 Å². The first kappa shape index (κ1) is 9.02. The van der Waals surface area contributed by atoms with Crippen molar-refractivity contribution < 1.29 is 0 Å². The van der Waals surface area contributed by atoms with Crippen molar-refractivity contribution in [3.05, 3.63) is 17.6 Å². The fourth-order valence-electron chi connectivity index (χ4n) is 0.803. The third-order valence-electron chi connectivity index (χ3n) is 1.26. The van der Waals surface area contributed by atoms with Crippen molar-refractivity contribution >= 4 is 29.6 Å². The summed E-state index contributed by atoms with van der Waals surface area (Å²) in [7, 11) is 0. The van der Waals surface area contributed by atoms with Gasteiger partial charge in [0.2, 0.25) is 0 Å². The smallest absolute Gasteiger partial charge is 0.145 e. The molecule has 0 unspecified atom stereocenters. The fourth-order valence-corrected chi connectivity index (χ4v) is 1.41. The molecule has 0 aliphatic rings. The van der Waals surface area contributed by atoms with Crippen molar-refractivity contribution in [1.29, 1.82) is 0 Å². The first-order valence-corrected chi connectivity index (χ1v) is 3.95. The molecule has 0 radical (unpaired) electrons. The number of halogens is 1. The first-order valence-electron chi connectivity index (χ1n) is 3.07. The van der Waals surface area contributed by atoms with Gasteiger partial charge in [-0.25, -0.2) is 4.98 Å². The molecule has 2 heterocycles. The lowest BCUT2D eigenvalue weighted by Crippen LogP contribution is -1.81. The summed E-state index contributed by atoms with van der Waals surface area (Å²) < 4.78 is 0. The molecule has 0 aliphatic heterocycles. The molecule has 0 spiro atoms. The van der Waals surface area contributed by atoms with Crippen LogP contribution < -0.4 is 5.73 Å². The van der Waals surface area contributed by atoms with E-state index in [1.165, 1.54) is 0 Å². The normalized spacial score (nSPS) is 9.33. The van der Waals surface area contributed by atoms with Crippen LogP contribution in [0.1, 0.15) is 0 Å². The summed E-state index contributed by atoms with van der Waals surface area (Å²) in [5, 5.41) is 9.39. The number of nitrogens with one attached hydrogen (secondary N) is 1. The van der Waals surface area contributed by atoms with Crippen LogP contribution in [0.5, 0.6) is 0 Å². The van der Waals surface area contributed by atoms with Crippen LogP contribution >= 0.6 is 23.7 Å². The average Bonchev–Trinajstić information content (AvgIpc) is 2.55. The molecule has 0 atom stereocenters. The molecule has 2 aromatic rings. The average molecular weight is 203 g/mol. The van der Waals surface area contributed by atoms with Crippen molar-refractivity contribution in [3.63, 3.8) is 0 Å². The van der Waals surface area contributed by atoms with Gasteiger partial charge in [-0.3, -0.25) is 5.10 Å². The Hall–Kier alpha value is -1.07. The van der Waals surface area contributed by atoms with Crippen LogP contribution in [0.3, 0.4) is 0 Å². The van der Waals surface area contributed by atoms with Crippen molar-refractivity contribution in [2.45, 2.75) is 0 Å². The summed E-state index contributed by atoms with van der Waals surface area (Å²) in [6, 6.07) is 1.76. The van der Waals surface area contributed by atoms with Gasteiger partial charge in [-0.2, -0.15) is 5.10 Å². The van der Waals surface area contributed by atoms with Gasteiger partial charge in [-0.1, -0.05) is 0 Å². The van der Waals surface area contributed by atoms with Gasteiger partial charge in [0.05, 0.1) is 5.69 Å². The van der Waals surface area contributed by atoms with E-state index in [-0.39, 0.29) is 12.4 Å². The zero-order chi connectivity index (χ0) is 7.68. The second-order valence-corrected chi connectivity index (χ2v) is 2.94.